The number of benzene rings is 2. The Hall–Kier alpha value is -4.08. The molecule has 6 rings (SSSR count). The highest BCUT2D eigenvalue weighted by molar-refractivity contribution is 7.07. The van der Waals surface area contributed by atoms with Crippen LogP contribution in [-0.2, 0) is 9.53 Å². The van der Waals surface area contributed by atoms with Crippen molar-refractivity contribution in [3.63, 3.8) is 0 Å². The number of ether oxygens (including phenoxy) is 3. The van der Waals surface area contributed by atoms with E-state index in [1.165, 1.54) is 15.9 Å². The van der Waals surface area contributed by atoms with Gasteiger partial charge in [0.15, 0.2) is 16.3 Å². The number of allylic oxidation sites excluding steroid dienone is 1. The van der Waals surface area contributed by atoms with Gasteiger partial charge < -0.3 is 18.6 Å². The van der Waals surface area contributed by atoms with Crippen LogP contribution in [0.15, 0.2) is 80.1 Å². The van der Waals surface area contributed by atoms with Crippen molar-refractivity contribution in [2.75, 3.05) is 13.4 Å². The molecular formula is C28H21ClN2O6S. The van der Waals surface area contributed by atoms with E-state index in [4.69, 9.17) is 30.2 Å². The molecule has 0 bridgehead atoms. The fourth-order valence-corrected chi connectivity index (χ4v) is 5.67. The van der Waals surface area contributed by atoms with E-state index in [-0.39, 0.29) is 19.0 Å². The number of rotatable bonds is 5. The lowest BCUT2D eigenvalue weighted by atomic mass is 9.95. The molecule has 4 aromatic rings. The van der Waals surface area contributed by atoms with Crippen LogP contribution in [0.3, 0.4) is 0 Å². The Balaban J connectivity index is 1.47. The highest BCUT2D eigenvalue weighted by Crippen LogP contribution is 2.38. The molecule has 2 aliphatic rings. The number of carbonyl (C=O) groups is 1. The van der Waals surface area contributed by atoms with Crippen LogP contribution in [-0.4, -0.2) is 23.9 Å². The number of fused-ring (bicyclic) bond motifs is 2. The molecule has 0 N–H and O–H groups in total. The molecule has 0 radical (unpaired) electrons. The summed E-state index contributed by atoms with van der Waals surface area (Å²) in [5.41, 5.74) is 2.04. The minimum absolute atomic E-state index is 0.113. The third kappa shape index (κ3) is 4.23. The number of halogens is 1. The van der Waals surface area contributed by atoms with Crippen molar-refractivity contribution in [3.05, 3.63) is 102 Å². The summed E-state index contributed by atoms with van der Waals surface area (Å²) in [6, 6.07) is 15.6. The number of furan rings is 1. The maximum absolute atomic E-state index is 13.8. The Morgan fingerprint density at radius 3 is 2.74 bits per heavy atom. The van der Waals surface area contributed by atoms with Gasteiger partial charge in [0, 0.05) is 16.7 Å². The average Bonchev–Trinajstić information content (AvgIpc) is 3.63. The molecule has 0 unspecified atom stereocenters. The van der Waals surface area contributed by atoms with Gasteiger partial charge >= 0.3 is 5.97 Å². The average molecular weight is 549 g/mol. The Kier molecular flexibility index (Phi) is 6.17. The molecule has 8 nitrogen and oxygen atoms in total. The van der Waals surface area contributed by atoms with Gasteiger partial charge in [0.2, 0.25) is 6.79 Å². The SMILES string of the molecule is CCOC(=O)C1=C(C)N=c2sc(=Cc3ccc(-c4ccc(Cl)cc4)o3)c(=O)n2[C@H]1c1ccc2c(c1)OCO2. The quantitative estimate of drug-likeness (QED) is 0.342. The second-order valence-corrected chi connectivity index (χ2v) is 10.1. The lowest BCUT2D eigenvalue weighted by Gasteiger charge is -2.24. The highest BCUT2D eigenvalue weighted by atomic mass is 35.5. The van der Waals surface area contributed by atoms with E-state index in [0.29, 0.717) is 54.2 Å². The maximum Gasteiger partial charge on any atom is 0.338 e. The standard InChI is InChI=1S/C28H21ClN2O6S/c1-3-34-27(33)24-15(2)30-28-31(25(24)17-6-10-21-22(12-17)36-14-35-21)26(32)23(38-28)13-19-9-11-20(37-19)16-4-7-18(29)8-5-16/h4-13,25H,3,14H2,1-2H3/t25-/m0/s1. The minimum atomic E-state index is -0.747. The summed E-state index contributed by atoms with van der Waals surface area (Å²) in [6.45, 7) is 3.79. The van der Waals surface area contributed by atoms with Gasteiger partial charge in [-0.05, 0) is 67.9 Å². The summed E-state index contributed by atoms with van der Waals surface area (Å²) in [4.78, 5) is 31.9. The first-order valence-electron chi connectivity index (χ1n) is 11.9. The van der Waals surface area contributed by atoms with E-state index in [1.54, 1.807) is 50.3 Å². The van der Waals surface area contributed by atoms with Crippen LogP contribution in [0.2, 0.25) is 5.02 Å². The number of hydrogen-bond donors (Lipinski definition) is 0. The van der Waals surface area contributed by atoms with E-state index >= 15 is 0 Å². The van der Waals surface area contributed by atoms with Crippen molar-refractivity contribution in [1.29, 1.82) is 0 Å². The van der Waals surface area contributed by atoms with E-state index in [2.05, 4.69) is 4.99 Å². The van der Waals surface area contributed by atoms with Gasteiger partial charge in [0.05, 0.1) is 28.5 Å². The third-order valence-electron chi connectivity index (χ3n) is 6.26. The first-order chi connectivity index (χ1) is 18.4. The number of hydrogen-bond acceptors (Lipinski definition) is 8. The van der Waals surface area contributed by atoms with Crippen LogP contribution in [0, 0.1) is 0 Å². The molecule has 192 valence electrons. The zero-order valence-corrected chi connectivity index (χ0v) is 22.0. The van der Waals surface area contributed by atoms with Crippen LogP contribution in [0.1, 0.15) is 31.2 Å². The van der Waals surface area contributed by atoms with Crippen molar-refractivity contribution >= 4 is 35.0 Å². The van der Waals surface area contributed by atoms with Crippen LogP contribution >= 0.6 is 22.9 Å². The highest BCUT2D eigenvalue weighted by Gasteiger charge is 2.34. The molecule has 0 fully saturated rings. The molecule has 2 aliphatic heterocycles. The molecule has 2 aromatic carbocycles. The first kappa shape index (κ1) is 24.3. The minimum Gasteiger partial charge on any atom is -0.463 e. The predicted molar refractivity (Wildman–Crippen MR) is 142 cm³/mol. The van der Waals surface area contributed by atoms with Gasteiger partial charge in [-0.1, -0.05) is 29.0 Å². The molecule has 0 saturated carbocycles. The second-order valence-electron chi connectivity index (χ2n) is 8.62. The Morgan fingerprint density at radius 2 is 1.95 bits per heavy atom. The number of nitrogens with zero attached hydrogens (tertiary/aromatic N) is 2. The van der Waals surface area contributed by atoms with Gasteiger partial charge in [-0.3, -0.25) is 9.36 Å². The largest absolute Gasteiger partial charge is 0.463 e. The molecule has 10 heteroatoms. The number of aromatic nitrogens is 1. The van der Waals surface area contributed by atoms with Gasteiger partial charge in [-0.15, -0.1) is 0 Å². The van der Waals surface area contributed by atoms with Gasteiger partial charge in [0.1, 0.15) is 11.5 Å². The monoisotopic (exact) mass is 548 g/mol. The zero-order chi connectivity index (χ0) is 26.4. The zero-order valence-electron chi connectivity index (χ0n) is 20.4. The lowest BCUT2D eigenvalue weighted by Crippen LogP contribution is -2.39. The number of carbonyl (C=O) groups excluding carboxylic acids is 1. The van der Waals surface area contributed by atoms with Crippen molar-refractivity contribution in [3.8, 4) is 22.8 Å². The van der Waals surface area contributed by atoms with Crippen LogP contribution in [0.5, 0.6) is 11.5 Å². The fraction of sp³-hybridized carbons (Fsp3) is 0.179. The number of esters is 1. The van der Waals surface area contributed by atoms with Crippen LogP contribution in [0.4, 0.5) is 0 Å². The molecule has 4 heterocycles. The molecule has 0 saturated heterocycles. The van der Waals surface area contributed by atoms with Crippen LogP contribution < -0.4 is 24.4 Å². The molecule has 2 aromatic heterocycles. The third-order valence-corrected chi connectivity index (χ3v) is 7.49. The molecule has 1 atom stereocenters. The van der Waals surface area contributed by atoms with Crippen molar-refractivity contribution in [1.82, 2.24) is 4.57 Å². The van der Waals surface area contributed by atoms with Gasteiger partial charge in [-0.25, -0.2) is 9.79 Å². The van der Waals surface area contributed by atoms with E-state index in [1.807, 2.05) is 24.3 Å². The normalized spacial score (nSPS) is 16.4. The molecule has 0 spiro atoms. The predicted octanol–water partition coefficient (Wildman–Crippen LogP) is 4.44. The summed E-state index contributed by atoms with van der Waals surface area (Å²) in [7, 11) is 0. The Morgan fingerprint density at radius 1 is 1.16 bits per heavy atom. The summed E-state index contributed by atoms with van der Waals surface area (Å²) < 4.78 is 24.3. The first-order valence-corrected chi connectivity index (χ1v) is 13.1. The van der Waals surface area contributed by atoms with E-state index in [0.717, 1.165) is 5.56 Å². The Labute approximate surface area is 225 Å². The molecule has 0 aliphatic carbocycles. The topological polar surface area (TPSA) is 92.3 Å². The Bertz CT molecular complexity index is 1780. The smallest absolute Gasteiger partial charge is 0.338 e. The summed E-state index contributed by atoms with van der Waals surface area (Å²) in [6.07, 6.45) is 1.68. The molecular weight excluding hydrogens is 528 g/mol. The maximum atomic E-state index is 13.8. The second kappa shape index (κ2) is 9.66. The van der Waals surface area contributed by atoms with E-state index < -0.39 is 12.0 Å². The van der Waals surface area contributed by atoms with Crippen molar-refractivity contribution < 1.29 is 23.4 Å². The summed E-state index contributed by atoms with van der Waals surface area (Å²) >= 11 is 7.22. The van der Waals surface area contributed by atoms with Gasteiger partial charge in [-0.2, -0.15) is 0 Å². The number of thiazole rings is 1. The van der Waals surface area contributed by atoms with Gasteiger partial charge in [0.25, 0.3) is 5.56 Å². The molecule has 0 amide bonds. The van der Waals surface area contributed by atoms with E-state index in [9.17, 15) is 9.59 Å². The van der Waals surface area contributed by atoms with Crippen molar-refractivity contribution in [2.24, 2.45) is 4.99 Å². The summed E-state index contributed by atoms with van der Waals surface area (Å²) in [5, 5.41) is 0.635. The summed E-state index contributed by atoms with van der Waals surface area (Å²) in [5.74, 6) is 1.80. The lowest BCUT2D eigenvalue weighted by molar-refractivity contribution is -0.139. The van der Waals surface area contributed by atoms with Crippen LogP contribution in [0.25, 0.3) is 17.4 Å². The van der Waals surface area contributed by atoms with Crippen molar-refractivity contribution in [2.45, 2.75) is 19.9 Å². The molecule has 38 heavy (non-hydrogen) atoms. The fourth-order valence-electron chi connectivity index (χ4n) is 4.52.